The standard InChI is InChI=1S/C10H9NO2/c12-10(9-6-7-11-13-9)8-4-2-1-3-5-8/h1-7,10,12H. The summed E-state index contributed by atoms with van der Waals surface area (Å²) in [5.41, 5.74) is 0.805. The van der Waals surface area contributed by atoms with Crippen LogP contribution in [0.1, 0.15) is 17.4 Å². The molecular formula is C10H9NO2. The summed E-state index contributed by atoms with van der Waals surface area (Å²) >= 11 is 0. The third-order valence-electron chi connectivity index (χ3n) is 1.84. The lowest BCUT2D eigenvalue weighted by molar-refractivity contribution is 0.176. The van der Waals surface area contributed by atoms with E-state index in [0.717, 1.165) is 5.56 Å². The van der Waals surface area contributed by atoms with Crippen molar-refractivity contribution in [3.63, 3.8) is 0 Å². The second-order valence-electron chi connectivity index (χ2n) is 2.73. The molecule has 0 aliphatic rings. The van der Waals surface area contributed by atoms with Crippen LogP contribution >= 0.6 is 0 Å². The molecular weight excluding hydrogens is 166 g/mol. The summed E-state index contributed by atoms with van der Waals surface area (Å²) in [6.45, 7) is 0. The Hall–Kier alpha value is -1.61. The van der Waals surface area contributed by atoms with Crippen molar-refractivity contribution in [2.75, 3.05) is 0 Å². The van der Waals surface area contributed by atoms with Crippen molar-refractivity contribution >= 4 is 0 Å². The van der Waals surface area contributed by atoms with Gasteiger partial charge >= 0.3 is 0 Å². The lowest BCUT2D eigenvalue weighted by Crippen LogP contribution is -1.96. The van der Waals surface area contributed by atoms with Crippen LogP contribution in [0.2, 0.25) is 0 Å². The second kappa shape index (κ2) is 3.41. The molecule has 0 amide bonds. The van der Waals surface area contributed by atoms with Crippen molar-refractivity contribution in [1.29, 1.82) is 0 Å². The second-order valence-corrected chi connectivity index (χ2v) is 2.73. The molecule has 1 atom stereocenters. The van der Waals surface area contributed by atoms with Crippen LogP contribution in [-0.4, -0.2) is 10.3 Å². The number of aliphatic hydroxyl groups excluding tert-OH is 1. The summed E-state index contributed by atoms with van der Waals surface area (Å²) in [6.07, 6.45) is 0.797. The van der Waals surface area contributed by atoms with E-state index in [1.807, 2.05) is 30.3 Å². The maximum Gasteiger partial charge on any atom is 0.169 e. The molecule has 0 fully saturated rings. The van der Waals surface area contributed by atoms with Crippen molar-refractivity contribution in [2.24, 2.45) is 0 Å². The molecule has 13 heavy (non-hydrogen) atoms. The van der Waals surface area contributed by atoms with Crippen LogP contribution in [0.15, 0.2) is 47.1 Å². The van der Waals surface area contributed by atoms with E-state index in [-0.39, 0.29) is 0 Å². The number of hydrogen-bond donors (Lipinski definition) is 1. The van der Waals surface area contributed by atoms with Gasteiger partial charge in [-0.15, -0.1) is 0 Å². The molecule has 1 aromatic carbocycles. The Balaban J connectivity index is 2.29. The fourth-order valence-electron chi connectivity index (χ4n) is 1.17. The van der Waals surface area contributed by atoms with Gasteiger partial charge in [-0.1, -0.05) is 35.5 Å². The van der Waals surface area contributed by atoms with Crippen molar-refractivity contribution in [3.05, 3.63) is 53.9 Å². The van der Waals surface area contributed by atoms with Crippen LogP contribution in [0.25, 0.3) is 0 Å². The highest BCUT2D eigenvalue weighted by Gasteiger charge is 2.12. The number of benzene rings is 1. The van der Waals surface area contributed by atoms with Crippen LogP contribution in [0.5, 0.6) is 0 Å². The van der Waals surface area contributed by atoms with Crippen molar-refractivity contribution < 1.29 is 9.63 Å². The number of rotatable bonds is 2. The number of nitrogens with zero attached hydrogens (tertiary/aromatic N) is 1. The third kappa shape index (κ3) is 1.60. The molecule has 0 radical (unpaired) electrons. The fraction of sp³-hybridized carbons (Fsp3) is 0.100. The molecule has 0 saturated heterocycles. The first kappa shape index (κ1) is 8.01. The lowest BCUT2D eigenvalue weighted by atomic mass is 10.1. The van der Waals surface area contributed by atoms with Crippen LogP contribution in [0.4, 0.5) is 0 Å². The Morgan fingerprint density at radius 3 is 2.54 bits per heavy atom. The van der Waals surface area contributed by atoms with Gasteiger partial charge in [-0.05, 0) is 5.56 Å². The number of aliphatic hydroxyl groups is 1. The van der Waals surface area contributed by atoms with Gasteiger partial charge in [0.1, 0.15) is 6.10 Å². The Morgan fingerprint density at radius 2 is 1.92 bits per heavy atom. The lowest BCUT2D eigenvalue weighted by Gasteiger charge is -2.05. The first-order chi connectivity index (χ1) is 6.38. The average molecular weight is 175 g/mol. The minimum atomic E-state index is -0.719. The molecule has 3 heteroatoms. The maximum absolute atomic E-state index is 9.75. The van der Waals surface area contributed by atoms with Gasteiger partial charge in [0.2, 0.25) is 0 Å². The zero-order valence-electron chi connectivity index (χ0n) is 6.92. The molecule has 3 nitrogen and oxygen atoms in total. The monoisotopic (exact) mass is 175 g/mol. The maximum atomic E-state index is 9.75. The van der Waals surface area contributed by atoms with Crippen molar-refractivity contribution in [3.8, 4) is 0 Å². The van der Waals surface area contributed by atoms with Crippen LogP contribution in [0.3, 0.4) is 0 Å². The summed E-state index contributed by atoms with van der Waals surface area (Å²) in [6, 6.07) is 11.0. The quantitative estimate of drug-likeness (QED) is 0.756. The van der Waals surface area contributed by atoms with E-state index >= 15 is 0 Å². The Bertz CT molecular complexity index is 356. The van der Waals surface area contributed by atoms with Gasteiger partial charge in [-0.3, -0.25) is 0 Å². The number of hydrogen-bond acceptors (Lipinski definition) is 3. The van der Waals surface area contributed by atoms with Crippen LogP contribution in [-0.2, 0) is 0 Å². The van der Waals surface area contributed by atoms with E-state index in [9.17, 15) is 5.11 Å². The molecule has 1 unspecified atom stereocenters. The van der Waals surface area contributed by atoms with Gasteiger partial charge in [-0.25, -0.2) is 0 Å². The smallest absolute Gasteiger partial charge is 0.169 e. The molecule has 0 aliphatic heterocycles. The molecule has 0 bridgehead atoms. The van der Waals surface area contributed by atoms with Crippen molar-refractivity contribution in [1.82, 2.24) is 5.16 Å². The van der Waals surface area contributed by atoms with Gasteiger partial charge in [0.05, 0.1) is 6.20 Å². The predicted molar refractivity (Wildman–Crippen MR) is 47.0 cm³/mol. The average Bonchev–Trinajstić information content (AvgIpc) is 2.71. The van der Waals surface area contributed by atoms with Crippen LogP contribution < -0.4 is 0 Å². The summed E-state index contributed by atoms with van der Waals surface area (Å²) in [7, 11) is 0. The summed E-state index contributed by atoms with van der Waals surface area (Å²) in [4.78, 5) is 0. The van der Waals surface area contributed by atoms with E-state index < -0.39 is 6.10 Å². The van der Waals surface area contributed by atoms with Gasteiger partial charge in [-0.2, -0.15) is 0 Å². The largest absolute Gasteiger partial charge is 0.380 e. The van der Waals surface area contributed by atoms with E-state index in [1.165, 1.54) is 6.20 Å². The molecule has 2 aromatic rings. The van der Waals surface area contributed by atoms with Gasteiger partial charge in [0.15, 0.2) is 5.76 Å². The first-order valence-corrected chi connectivity index (χ1v) is 4.01. The highest BCUT2D eigenvalue weighted by molar-refractivity contribution is 5.23. The fourth-order valence-corrected chi connectivity index (χ4v) is 1.17. The zero-order chi connectivity index (χ0) is 9.10. The molecule has 1 aromatic heterocycles. The Morgan fingerprint density at radius 1 is 1.15 bits per heavy atom. The molecule has 0 spiro atoms. The van der Waals surface area contributed by atoms with Gasteiger partial charge in [0.25, 0.3) is 0 Å². The Kier molecular flexibility index (Phi) is 2.10. The highest BCUT2D eigenvalue weighted by atomic mass is 16.5. The summed E-state index contributed by atoms with van der Waals surface area (Å²) in [5, 5.41) is 13.3. The van der Waals surface area contributed by atoms with E-state index in [2.05, 4.69) is 5.16 Å². The normalized spacial score (nSPS) is 12.7. The molecule has 1 heterocycles. The van der Waals surface area contributed by atoms with E-state index in [4.69, 9.17) is 4.52 Å². The van der Waals surface area contributed by atoms with Gasteiger partial charge in [0, 0.05) is 6.07 Å². The number of aromatic nitrogens is 1. The third-order valence-corrected chi connectivity index (χ3v) is 1.84. The predicted octanol–water partition coefficient (Wildman–Crippen LogP) is 1.76. The Labute approximate surface area is 75.6 Å². The van der Waals surface area contributed by atoms with E-state index in [0.29, 0.717) is 5.76 Å². The minimum absolute atomic E-state index is 0.464. The molecule has 1 N–H and O–H groups in total. The summed E-state index contributed by atoms with van der Waals surface area (Å²) in [5.74, 6) is 0.464. The minimum Gasteiger partial charge on any atom is -0.380 e. The molecule has 0 saturated carbocycles. The van der Waals surface area contributed by atoms with Gasteiger partial charge < -0.3 is 9.63 Å². The van der Waals surface area contributed by atoms with E-state index in [1.54, 1.807) is 6.07 Å². The SMILES string of the molecule is OC(c1ccccc1)c1ccno1. The van der Waals surface area contributed by atoms with Crippen LogP contribution in [0, 0.1) is 0 Å². The topological polar surface area (TPSA) is 46.3 Å². The highest BCUT2D eigenvalue weighted by Crippen LogP contribution is 2.20. The summed E-state index contributed by atoms with van der Waals surface area (Å²) < 4.78 is 4.85. The molecule has 0 aliphatic carbocycles. The first-order valence-electron chi connectivity index (χ1n) is 4.01. The molecule has 66 valence electrons. The zero-order valence-corrected chi connectivity index (χ0v) is 6.92. The van der Waals surface area contributed by atoms with Crippen molar-refractivity contribution in [2.45, 2.75) is 6.10 Å². The molecule has 2 rings (SSSR count).